The Bertz CT molecular complexity index is 676. The van der Waals surface area contributed by atoms with Crippen molar-refractivity contribution in [2.45, 2.75) is 10.9 Å². The van der Waals surface area contributed by atoms with Crippen molar-refractivity contribution in [1.29, 1.82) is 0 Å². The van der Waals surface area contributed by atoms with E-state index < -0.39 is 0 Å². The van der Waals surface area contributed by atoms with Crippen molar-refractivity contribution in [3.63, 3.8) is 0 Å². The minimum absolute atomic E-state index is 0.377. The second kappa shape index (κ2) is 6.44. The molecule has 0 aliphatic carbocycles. The van der Waals surface area contributed by atoms with E-state index >= 15 is 0 Å². The summed E-state index contributed by atoms with van der Waals surface area (Å²) in [7, 11) is 2.04. The average Bonchev–Trinajstić information content (AvgIpc) is 2.98. The third-order valence-electron chi connectivity index (χ3n) is 3.39. The molecule has 0 saturated heterocycles. The maximum atomic E-state index is 3.46. The zero-order valence-electron chi connectivity index (χ0n) is 11.4. The van der Waals surface area contributed by atoms with Crippen molar-refractivity contribution in [3.05, 3.63) is 65.5 Å². The first-order valence-electron chi connectivity index (χ1n) is 6.69. The van der Waals surface area contributed by atoms with Gasteiger partial charge in [0.05, 0.1) is 0 Å². The van der Waals surface area contributed by atoms with Crippen molar-refractivity contribution in [1.82, 2.24) is 5.32 Å². The van der Waals surface area contributed by atoms with Crippen LogP contribution in [0, 0.1) is 0 Å². The van der Waals surface area contributed by atoms with Gasteiger partial charge in [0.2, 0.25) is 0 Å². The van der Waals surface area contributed by atoms with E-state index in [1.165, 1.54) is 20.5 Å². The topological polar surface area (TPSA) is 12.0 Å². The van der Waals surface area contributed by atoms with Crippen molar-refractivity contribution in [3.8, 4) is 0 Å². The summed E-state index contributed by atoms with van der Waals surface area (Å²) < 4.78 is 1.40. The quantitative estimate of drug-likeness (QED) is 0.669. The number of rotatable bonds is 5. The predicted octanol–water partition coefficient (Wildman–Crippen LogP) is 4.95. The van der Waals surface area contributed by atoms with Crippen LogP contribution >= 0.6 is 23.1 Å². The molecular formula is C17H17NS2. The molecule has 0 aliphatic rings. The molecule has 1 aromatic heterocycles. The summed E-state index contributed by atoms with van der Waals surface area (Å²) >= 11 is 3.73. The van der Waals surface area contributed by atoms with Gasteiger partial charge in [-0.2, -0.15) is 0 Å². The summed E-state index contributed by atoms with van der Waals surface area (Å²) in [5, 5.41) is 6.97. The van der Waals surface area contributed by atoms with Crippen LogP contribution in [0.4, 0.5) is 0 Å². The molecule has 1 atom stereocenters. The van der Waals surface area contributed by atoms with Gasteiger partial charge in [-0.05, 0) is 41.6 Å². The van der Waals surface area contributed by atoms with E-state index in [1.54, 1.807) is 0 Å². The molecule has 0 spiro atoms. The fraction of sp³-hybridized carbons (Fsp3) is 0.176. The minimum Gasteiger partial charge on any atom is -0.312 e. The molecule has 0 fully saturated rings. The van der Waals surface area contributed by atoms with Crippen LogP contribution in [0.25, 0.3) is 10.1 Å². The third kappa shape index (κ3) is 2.90. The van der Waals surface area contributed by atoms with Crippen LogP contribution in [0.1, 0.15) is 11.6 Å². The molecule has 0 radical (unpaired) electrons. The van der Waals surface area contributed by atoms with E-state index in [4.69, 9.17) is 0 Å². The number of benzene rings is 2. The maximum absolute atomic E-state index is 3.46. The van der Waals surface area contributed by atoms with E-state index in [0.29, 0.717) is 6.04 Å². The van der Waals surface area contributed by atoms with Crippen LogP contribution in [0.5, 0.6) is 0 Å². The largest absolute Gasteiger partial charge is 0.312 e. The van der Waals surface area contributed by atoms with Gasteiger partial charge in [-0.15, -0.1) is 23.1 Å². The summed E-state index contributed by atoms with van der Waals surface area (Å²) in [6.07, 6.45) is 0. The van der Waals surface area contributed by atoms with Crippen molar-refractivity contribution >= 4 is 33.2 Å². The monoisotopic (exact) mass is 299 g/mol. The lowest BCUT2D eigenvalue weighted by atomic mass is 10.1. The Kier molecular flexibility index (Phi) is 4.41. The maximum Gasteiger partial charge on any atom is 0.0427 e. The van der Waals surface area contributed by atoms with Crippen molar-refractivity contribution < 1.29 is 0 Å². The summed E-state index contributed by atoms with van der Waals surface area (Å²) in [5.41, 5.74) is 1.41. The molecular weight excluding hydrogens is 282 g/mol. The molecule has 0 saturated carbocycles. The van der Waals surface area contributed by atoms with Gasteiger partial charge in [-0.1, -0.05) is 36.4 Å². The Balaban J connectivity index is 1.81. The highest BCUT2D eigenvalue weighted by Gasteiger charge is 2.13. The Hall–Kier alpha value is -1.29. The van der Waals surface area contributed by atoms with Gasteiger partial charge in [-0.3, -0.25) is 0 Å². The number of hydrogen-bond acceptors (Lipinski definition) is 3. The summed E-state index contributed by atoms with van der Waals surface area (Å²) in [6, 6.07) is 19.7. The number of thiophene rings is 1. The zero-order chi connectivity index (χ0) is 13.8. The highest BCUT2D eigenvalue weighted by molar-refractivity contribution is 7.99. The SMILES string of the molecule is CNC(CSc1ccccc1)c1cccc2ccsc12. The normalized spacial score (nSPS) is 12.7. The summed E-state index contributed by atoms with van der Waals surface area (Å²) in [5.74, 6) is 1.04. The molecule has 1 nitrogen and oxygen atoms in total. The number of hydrogen-bond donors (Lipinski definition) is 1. The van der Waals surface area contributed by atoms with Gasteiger partial charge in [0.1, 0.15) is 0 Å². The molecule has 1 N–H and O–H groups in total. The first kappa shape index (κ1) is 13.7. The van der Waals surface area contributed by atoms with Crippen LogP contribution in [0.3, 0.4) is 0 Å². The van der Waals surface area contributed by atoms with Crippen LogP contribution in [0.15, 0.2) is 64.9 Å². The van der Waals surface area contributed by atoms with Gasteiger partial charge in [-0.25, -0.2) is 0 Å². The Morgan fingerprint density at radius 2 is 1.90 bits per heavy atom. The van der Waals surface area contributed by atoms with E-state index in [9.17, 15) is 0 Å². The van der Waals surface area contributed by atoms with Crippen LogP contribution < -0.4 is 5.32 Å². The second-order valence-corrected chi connectivity index (χ2v) is 6.66. The lowest BCUT2D eigenvalue weighted by Gasteiger charge is -2.17. The first-order chi connectivity index (χ1) is 9.88. The zero-order valence-corrected chi connectivity index (χ0v) is 13.0. The lowest BCUT2D eigenvalue weighted by molar-refractivity contribution is 0.667. The summed E-state index contributed by atoms with van der Waals surface area (Å²) in [4.78, 5) is 1.33. The Morgan fingerprint density at radius 3 is 2.70 bits per heavy atom. The molecule has 102 valence electrons. The fourth-order valence-corrected chi connectivity index (χ4v) is 4.34. The summed E-state index contributed by atoms with van der Waals surface area (Å²) in [6.45, 7) is 0. The minimum atomic E-state index is 0.377. The van der Waals surface area contributed by atoms with E-state index in [0.717, 1.165) is 5.75 Å². The fourth-order valence-electron chi connectivity index (χ4n) is 2.32. The lowest BCUT2D eigenvalue weighted by Crippen LogP contribution is -2.18. The van der Waals surface area contributed by atoms with Gasteiger partial charge in [0.15, 0.2) is 0 Å². The highest BCUT2D eigenvalue weighted by atomic mass is 32.2. The van der Waals surface area contributed by atoms with Gasteiger partial charge < -0.3 is 5.32 Å². The molecule has 2 aromatic carbocycles. The molecule has 3 rings (SSSR count). The van der Waals surface area contributed by atoms with Gasteiger partial charge >= 0.3 is 0 Å². The average molecular weight is 299 g/mol. The van der Waals surface area contributed by atoms with E-state index in [-0.39, 0.29) is 0 Å². The molecule has 20 heavy (non-hydrogen) atoms. The molecule has 1 heterocycles. The first-order valence-corrected chi connectivity index (χ1v) is 8.56. The predicted molar refractivity (Wildman–Crippen MR) is 90.8 cm³/mol. The van der Waals surface area contributed by atoms with Gasteiger partial charge in [0.25, 0.3) is 0 Å². The van der Waals surface area contributed by atoms with E-state index in [2.05, 4.69) is 65.3 Å². The molecule has 3 aromatic rings. The third-order valence-corrected chi connectivity index (χ3v) is 5.48. The molecule has 1 unspecified atom stereocenters. The molecule has 0 bridgehead atoms. The Morgan fingerprint density at radius 1 is 1.05 bits per heavy atom. The number of fused-ring (bicyclic) bond motifs is 1. The van der Waals surface area contributed by atoms with Crippen molar-refractivity contribution in [2.24, 2.45) is 0 Å². The number of thioether (sulfide) groups is 1. The molecule has 0 aliphatic heterocycles. The Labute approximate surface area is 128 Å². The van der Waals surface area contributed by atoms with Gasteiger partial charge in [0, 0.05) is 21.4 Å². The highest BCUT2D eigenvalue weighted by Crippen LogP contribution is 2.32. The van der Waals surface area contributed by atoms with Crippen LogP contribution in [0.2, 0.25) is 0 Å². The smallest absolute Gasteiger partial charge is 0.0427 e. The number of nitrogens with one attached hydrogen (secondary N) is 1. The standard InChI is InChI=1S/C17H17NS2/c1-18-16(12-20-14-7-3-2-4-8-14)15-9-5-6-13-10-11-19-17(13)15/h2-11,16,18H,12H2,1H3. The van der Waals surface area contributed by atoms with Crippen LogP contribution in [-0.4, -0.2) is 12.8 Å². The second-order valence-electron chi connectivity index (χ2n) is 4.65. The molecule has 3 heteroatoms. The molecule has 0 amide bonds. The van der Waals surface area contributed by atoms with Crippen molar-refractivity contribution in [2.75, 3.05) is 12.8 Å². The van der Waals surface area contributed by atoms with Crippen LogP contribution in [-0.2, 0) is 0 Å². The van der Waals surface area contributed by atoms with E-state index in [1.807, 2.05) is 30.1 Å².